The lowest BCUT2D eigenvalue weighted by Crippen LogP contribution is -2.43. The van der Waals surface area contributed by atoms with Crippen LogP contribution in [0.3, 0.4) is 0 Å². The van der Waals surface area contributed by atoms with E-state index in [4.69, 9.17) is 9.73 Å². The van der Waals surface area contributed by atoms with E-state index in [2.05, 4.69) is 17.0 Å². The molecule has 6 heteroatoms. The third kappa shape index (κ3) is 4.85. The molecule has 1 aliphatic carbocycles. The van der Waals surface area contributed by atoms with Crippen LogP contribution in [0.25, 0.3) is 0 Å². The normalized spacial score (nSPS) is 19.2. The Labute approximate surface area is 182 Å². The third-order valence-electron chi connectivity index (χ3n) is 5.37. The fourth-order valence-corrected chi connectivity index (χ4v) is 4.01. The van der Waals surface area contributed by atoms with Gasteiger partial charge in [0.25, 0.3) is 0 Å². The van der Waals surface area contributed by atoms with Crippen LogP contribution in [-0.4, -0.2) is 22.7 Å². The van der Waals surface area contributed by atoms with Crippen molar-refractivity contribution in [2.45, 2.75) is 45.6 Å². The monoisotopic (exact) mass is 418 g/mol. The summed E-state index contributed by atoms with van der Waals surface area (Å²) in [5.74, 6) is 1.96. The molecule has 4 rings (SSSR count). The Hall–Kier alpha value is -3.41. The zero-order chi connectivity index (χ0) is 21.8. The number of nitrogens with one attached hydrogen (secondary N) is 1. The Kier molecular flexibility index (Phi) is 6.16. The van der Waals surface area contributed by atoms with Crippen LogP contribution in [0.4, 0.5) is 10.1 Å². The van der Waals surface area contributed by atoms with Gasteiger partial charge in [-0.25, -0.2) is 9.98 Å². The van der Waals surface area contributed by atoms with Crippen molar-refractivity contribution in [1.82, 2.24) is 10.4 Å². The van der Waals surface area contributed by atoms with E-state index in [0.29, 0.717) is 17.4 Å². The molecule has 0 atom stereocenters. The summed E-state index contributed by atoms with van der Waals surface area (Å²) in [7, 11) is 0. The zero-order valence-electron chi connectivity index (χ0n) is 17.9. The highest BCUT2D eigenvalue weighted by molar-refractivity contribution is 6.27. The number of hydrogen-bond donors (Lipinski definition) is 1. The van der Waals surface area contributed by atoms with Crippen LogP contribution >= 0.6 is 0 Å². The van der Waals surface area contributed by atoms with Gasteiger partial charge >= 0.3 is 0 Å². The molecule has 160 valence electrons. The highest BCUT2D eigenvalue weighted by Crippen LogP contribution is 2.31. The van der Waals surface area contributed by atoms with Crippen molar-refractivity contribution in [3.8, 4) is 11.5 Å². The fraction of sp³-hybridized carbons (Fsp3) is 0.280. The average Bonchev–Trinajstić information content (AvgIpc) is 3.37. The molecular formula is C25H27FN4O. The zero-order valence-corrected chi connectivity index (χ0v) is 17.9. The second-order valence-electron chi connectivity index (χ2n) is 7.98. The van der Waals surface area contributed by atoms with E-state index in [1.54, 1.807) is 0 Å². The van der Waals surface area contributed by atoms with Gasteiger partial charge in [0.1, 0.15) is 11.5 Å². The van der Waals surface area contributed by atoms with Crippen molar-refractivity contribution in [2.24, 2.45) is 9.98 Å². The molecule has 2 aromatic rings. The Morgan fingerprint density at radius 2 is 1.77 bits per heavy atom. The van der Waals surface area contributed by atoms with Crippen LogP contribution in [0.15, 0.2) is 88.3 Å². The van der Waals surface area contributed by atoms with Crippen LogP contribution in [0, 0.1) is 0 Å². The van der Waals surface area contributed by atoms with Gasteiger partial charge in [-0.15, -0.1) is 0 Å². The van der Waals surface area contributed by atoms with Crippen molar-refractivity contribution in [2.75, 3.05) is 0 Å². The van der Waals surface area contributed by atoms with Crippen LogP contribution in [0.5, 0.6) is 11.5 Å². The van der Waals surface area contributed by atoms with E-state index in [1.807, 2.05) is 73.5 Å². The predicted molar refractivity (Wildman–Crippen MR) is 123 cm³/mol. The largest absolute Gasteiger partial charge is 0.457 e. The van der Waals surface area contributed by atoms with Gasteiger partial charge in [0.15, 0.2) is 11.7 Å². The Balaban J connectivity index is 1.68. The molecule has 1 saturated carbocycles. The molecule has 0 spiro atoms. The summed E-state index contributed by atoms with van der Waals surface area (Å²) < 4.78 is 19.7. The minimum Gasteiger partial charge on any atom is -0.457 e. The molecule has 2 aliphatic rings. The number of ether oxygens (including phenoxy) is 1. The maximum absolute atomic E-state index is 13.7. The van der Waals surface area contributed by atoms with E-state index >= 15 is 0 Å². The SMILES string of the molecule is C=C(F)/N=C1\C(=C(C)C)C(=Nc2cccc(Oc3ccccc3)c2)NN1C1CCCC1. The number of amidine groups is 2. The Morgan fingerprint density at radius 3 is 2.45 bits per heavy atom. The average molecular weight is 419 g/mol. The van der Waals surface area contributed by atoms with E-state index < -0.39 is 5.95 Å². The second kappa shape index (κ2) is 9.16. The summed E-state index contributed by atoms with van der Waals surface area (Å²) in [6.07, 6.45) is 4.38. The number of aliphatic imine (C=N–C) groups is 2. The molecule has 0 bridgehead atoms. The van der Waals surface area contributed by atoms with Gasteiger partial charge in [-0.05, 0) is 57.5 Å². The summed E-state index contributed by atoms with van der Waals surface area (Å²) in [6, 6.07) is 17.5. The standard InChI is InChI=1S/C25H27FN4O/c1-17(2)23-24(29-30(20-11-7-8-12-20)25(23)27-18(3)26)28-19-10-9-15-22(16-19)31-21-13-5-4-6-14-21/h4-6,9-10,13-16,20H,3,7-8,11-12H2,1-2H3,(H,28,29)/b27-25+. The molecule has 1 N–H and O–H groups in total. The van der Waals surface area contributed by atoms with Gasteiger partial charge in [-0.2, -0.15) is 4.39 Å². The minimum atomic E-state index is -0.710. The van der Waals surface area contributed by atoms with Crippen LogP contribution in [0.2, 0.25) is 0 Å². The highest BCUT2D eigenvalue weighted by atomic mass is 19.1. The molecular weight excluding hydrogens is 391 g/mol. The van der Waals surface area contributed by atoms with Gasteiger partial charge < -0.3 is 4.74 Å². The lowest BCUT2D eigenvalue weighted by Gasteiger charge is -2.25. The van der Waals surface area contributed by atoms with Crippen LogP contribution < -0.4 is 10.2 Å². The molecule has 1 saturated heterocycles. The molecule has 1 aliphatic heterocycles. The molecule has 31 heavy (non-hydrogen) atoms. The van der Waals surface area contributed by atoms with Crippen molar-refractivity contribution in [1.29, 1.82) is 0 Å². The molecule has 0 unspecified atom stereocenters. The summed E-state index contributed by atoms with van der Waals surface area (Å²) in [6.45, 7) is 7.31. The number of para-hydroxylation sites is 1. The van der Waals surface area contributed by atoms with Crippen LogP contribution in [0.1, 0.15) is 39.5 Å². The van der Waals surface area contributed by atoms with E-state index in [-0.39, 0.29) is 6.04 Å². The summed E-state index contributed by atoms with van der Waals surface area (Å²) in [5, 5.41) is 1.96. The number of benzene rings is 2. The van der Waals surface area contributed by atoms with Gasteiger partial charge in [0.05, 0.1) is 17.3 Å². The maximum Gasteiger partial charge on any atom is 0.207 e. The number of hydrogen-bond acceptors (Lipinski definition) is 3. The maximum atomic E-state index is 13.7. The first kappa shape index (κ1) is 20.8. The number of rotatable bonds is 5. The quantitative estimate of drug-likeness (QED) is 0.568. The number of hydrazine groups is 1. The number of nitrogens with zero attached hydrogens (tertiary/aromatic N) is 3. The van der Waals surface area contributed by atoms with Gasteiger partial charge in [-0.1, -0.05) is 42.7 Å². The first-order valence-electron chi connectivity index (χ1n) is 10.6. The predicted octanol–water partition coefficient (Wildman–Crippen LogP) is 6.45. The van der Waals surface area contributed by atoms with Crippen LogP contribution in [-0.2, 0) is 0 Å². The first-order chi connectivity index (χ1) is 15.0. The Morgan fingerprint density at radius 1 is 1.06 bits per heavy atom. The molecule has 0 amide bonds. The lowest BCUT2D eigenvalue weighted by atomic mass is 10.1. The van der Waals surface area contributed by atoms with Crippen molar-refractivity contribution >= 4 is 17.4 Å². The molecule has 0 aromatic heterocycles. The van der Waals surface area contributed by atoms with Crippen molar-refractivity contribution in [3.63, 3.8) is 0 Å². The Bertz CT molecular complexity index is 1050. The highest BCUT2D eigenvalue weighted by Gasteiger charge is 2.36. The van der Waals surface area contributed by atoms with Gasteiger partial charge in [0.2, 0.25) is 5.95 Å². The van der Waals surface area contributed by atoms with Gasteiger partial charge in [-0.3, -0.25) is 10.4 Å². The minimum absolute atomic E-state index is 0.257. The second-order valence-corrected chi connectivity index (χ2v) is 7.98. The summed E-state index contributed by atoms with van der Waals surface area (Å²) in [5.41, 5.74) is 5.93. The first-order valence-corrected chi connectivity index (χ1v) is 10.6. The molecule has 0 radical (unpaired) electrons. The van der Waals surface area contributed by atoms with Crippen molar-refractivity contribution < 1.29 is 9.13 Å². The molecule has 2 fully saturated rings. The topological polar surface area (TPSA) is 49.2 Å². The molecule has 2 aromatic carbocycles. The lowest BCUT2D eigenvalue weighted by molar-refractivity contribution is 0.289. The van der Waals surface area contributed by atoms with Crippen molar-refractivity contribution in [3.05, 3.63) is 78.3 Å². The summed E-state index contributed by atoms with van der Waals surface area (Å²) >= 11 is 0. The summed E-state index contributed by atoms with van der Waals surface area (Å²) in [4.78, 5) is 8.96. The number of allylic oxidation sites excluding steroid dienone is 1. The van der Waals surface area contributed by atoms with E-state index in [1.165, 1.54) is 0 Å². The molecule has 5 nitrogen and oxygen atoms in total. The van der Waals surface area contributed by atoms with E-state index in [9.17, 15) is 4.39 Å². The van der Waals surface area contributed by atoms with Gasteiger partial charge in [0, 0.05) is 6.07 Å². The fourth-order valence-electron chi connectivity index (χ4n) is 4.01. The smallest absolute Gasteiger partial charge is 0.207 e. The molecule has 1 heterocycles. The third-order valence-corrected chi connectivity index (χ3v) is 5.37. The van der Waals surface area contributed by atoms with E-state index in [0.717, 1.165) is 48.3 Å². The number of halogens is 1.